The molecule has 3 unspecified atom stereocenters. The van der Waals surface area contributed by atoms with Gasteiger partial charge in [0.1, 0.15) is 0 Å². The molecule has 0 radical (unpaired) electrons. The number of rotatable bonds is 5. The third-order valence-corrected chi connectivity index (χ3v) is 13.9. The van der Waals surface area contributed by atoms with E-state index in [1.54, 1.807) is 11.3 Å². The minimum Gasteiger partial charge on any atom is -0.344 e. The Morgan fingerprint density at radius 3 is 2.37 bits per heavy atom. The molecule has 0 aromatic heterocycles. The van der Waals surface area contributed by atoms with Gasteiger partial charge in [0.2, 0.25) is 0 Å². The summed E-state index contributed by atoms with van der Waals surface area (Å²) in [5, 5.41) is 0. The van der Waals surface area contributed by atoms with E-state index in [0.717, 1.165) is 24.9 Å². The molecule has 6 aliphatic rings. The minimum atomic E-state index is 0.0419. The lowest BCUT2D eigenvalue weighted by atomic mass is 9.73. The Bertz CT molecular complexity index is 2210. The van der Waals surface area contributed by atoms with Crippen molar-refractivity contribution in [3.8, 4) is 11.1 Å². The SMILES string of the molecule is CC1(C)c2cc(/C=C/c3ccc(-c4ccccc4N4CCCC5=C4[C@@H]4CC4C=C5)cc3)ccc2C2C=CC(N3CCCc4ccccc43)=C(I)C21. The number of halogens is 1. The highest BCUT2D eigenvalue weighted by Crippen LogP contribution is 2.58. The average Bonchev–Trinajstić information content (AvgIpc) is 3.93. The lowest BCUT2D eigenvalue weighted by Gasteiger charge is -2.39. The van der Waals surface area contributed by atoms with Gasteiger partial charge in [0.15, 0.2) is 0 Å². The van der Waals surface area contributed by atoms with Crippen LogP contribution in [-0.2, 0) is 11.8 Å². The third kappa shape index (κ3) is 5.25. The Kier molecular flexibility index (Phi) is 7.60. The largest absolute Gasteiger partial charge is 0.344 e. The molecule has 1 fully saturated rings. The Morgan fingerprint density at radius 1 is 0.745 bits per heavy atom. The van der Waals surface area contributed by atoms with Gasteiger partial charge in [0.25, 0.3) is 0 Å². The van der Waals surface area contributed by atoms with Gasteiger partial charge in [-0.15, -0.1) is 0 Å². The van der Waals surface area contributed by atoms with Crippen molar-refractivity contribution in [1.29, 1.82) is 0 Å². The van der Waals surface area contributed by atoms with E-state index in [1.807, 2.05) is 0 Å². The minimum absolute atomic E-state index is 0.0419. The van der Waals surface area contributed by atoms with Gasteiger partial charge in [-0.25, -0.2) is 0 Å². The van der Waals surface area contributed by atoms with Crippen LogP contribution in [0.15, 0.2) is 136 Å². The third-order valence-electron chi connectivity index (χ3n) is 12.7. The predicted octanol–water partition coefficient (Wildman–Crippen LogP) is 12.2. The molecule has 2 aliphatic heterocycles. The van der Waals surface area contributed by atoms with Crippen molar-refractivity contribution in [2.45, 2.75) is 57.3 Å². The summed E-state index contributed by atoms with van der Waals surface area (Å²) >= 11 is 2.69. The van der Waals surface area contributed by atoms with Gasteiger partial charge in [-0.1, -0.05) is 123 Å². The molecule has 0 bridgehead atoms. The number of para-hydroxylation sites is 2. The zero-order valence-electron chi connectivity index (χ0n) is 29.7. The van der Waals surface area contributed by atoms with E-state index in [9.17, 15) is 0 Å². The molecule has 0 spiro atoms. The van der Waals surface area contributed by atoms with Gasteiger partial charge in [0, 0.05) is 57.1 Å². The van der Waals surface area contributed by atoms with Crippen LogP contribution in [0.2, 0.25) is 0 Å². The number of benzene rings is 4. The van der Waals surface area contributed by atoms with Crippen molar-refractivity contribution < 1.29 is 0 Å². The number of allylic oxidation sites excluding steroid dienone is 7. The fourth-order valence-electron chi connectivity index (χ4n) is 10.1. The number of fused-ring (bicyclic) bond motifs is 6. The van der Waals surface area contributed by atoms with E-state index in [2.05, 4.69) is 174 Å². The number of hydrogen-bond acceptors (Lipinski definition) is 2. The molecular weight excluding hydrogens is 731 g/mol. The molecule has 51 heavy (non-hydrogen) atoms. The van der Waals surface area contributed by atoms with Crippen LogP contribution in [0.3, 0.4) is 0 Å². The topological polar surface area (TPSA) is 6.48 Å². The maximum absolute atomic E-state index is 2.69. The summed E-state index contributed by atoms with van der Waals surface area (Å²) in [6.07, 6.45) is 20.5. The van der Waals surface area contributed by atoms with Crippen LogP contribution in [0.4, 0.5) is 11.4 Å². The first-order valence-corrected chi connectivity index (χ1v) is 20.2. The van der Waals surface area contributed by atoms with Crippen LogP contribution in [0, 0.1) is 17.8 Å². The van der Waals surface area contributed by atoms with Crippen LogP contribution in [-0.4, -0.2) is 13.1 Å². The van der Waals surface area contributed by atoms with E-state index in [4.69, 9.17) is 0 Å². The molecule has 3 heteroatoms. The second-order valence-corrected chi connectivity index (χ2v) is 17.2. The second-order valence-electron chi connectivity index (χ2n) is 16.1. The van der Waals surface area contributed by atoms with Crippen molar-refractivity contribution in [3.63, 3.8) is 0 Å². The standard InChI is InChI=1S/C48H45IN2/c1-48(2)41-29-32(19-24-38(41)39-25-26-44(46(49)45(39)48)50-27-7-10-34-9-3-5-13-42(34)50)16-15-31-17-20-33(21-18-31)37-12-4-6-14-43(37)51-28-8-11-35-22-23-36-30-40(36)47(35)51/h3-6,9,12-26,29,36,39-40,45H,7-8,10-11,27-28,30H2,1-2H3/b16-15+/t36?,39?,40-,45?/m1/s1. The Hall–Kier alpha value is -4.09. The molecule has 10 rings (SSSR count). The highest BCUT2D eigenvalue weighted by molar-refractivity contribution is 14.1. The van der Waals surface area contributed by atoms with E-state index in [0.29, 0.717) is 11.8 Å². The maximum atomic E-state index is 2.69. The number of aryl methyl sites for hydroxylation is 1. The van der Waals surface area contributed by atoms with Crippen molar-refractivity contribution >= 4 is 46.1 Å². The monoisotopic (exact) mass is 776 g/mol. The van der Waals surface area contributed by atoms with Crippen molar-refractivity contribution in [2.75, 3.05) is 22.9 Å². The number of anilines is 2. The van der Waals surface area contributed by atoms with Gasteiger partial charge in [-0.05, 0) is 123 Å². The molecule has 0 amide bonds. The van der Waals surface area contributed by atoms with Gasteiger partial charge in [-0.3, -0.25) is 0 Å². The van der Waals surface area contributed by atoms with Gasteiger partial charge in [-0.2, -0.15) is 0 Å². The van der Waals surface area contributed by atoms with E-state index < -0.39 is 0 Å². The summed E-state index contributed by atoms with van der Waals surface area (Å²) < 4.78 is 1.50. The summed E-state index contributed by atoms with van der Waals surface area (Å²) in [4.78, 5) is 5.24. The molecule has 2 nitrogen and oxygen atoms in total. The molecule has 4 atom stereocenters. The maximum Gasteiger partial charge on any atom is 0.0505 e. The number of hydrogen-bond donors (Lipinski definition) is 0. The van der Waals surface area contributed by atoms with Crippen molar-refractivity contribution in [1.82, 2.24) is 0 Å². The summed E-state index contributed by atoms with van der Waals surface area (Å²) in [6.45, 7) is 7.14. The summed E-state index contributed by atoms with van der Waals surface area (Å²) in [7, 11) is 0. The lowest BCUT2D eigenvalue weighted by Crippen LogP contribution is -2.34. The van der Waals surface area contributed by atoms with E-state index in [1.165, 1.54) is 91.7 Å². The van der Waals surface area contributed by atoms with Gasteiger partial charge in [0.05, 0.1) is 5.70 Å². The van der Waals surface area contributed by atoms with Gasteiger partial charge >= 0.3 is 0 Å². The molecule has 2 heterocycles. The second kappa shape index (κ2) is 12.3. The molecule has 1 saturated carbocycles. The fraction of sp³-hybridized carbons (Fsp3) is 0.292. The Labute approximate surface area is 317 Å². The first-order chi connectivity index (χ1) is 25.0. The van der Waals surface area contributed by atoms with E-state index in [-0.39, 0.29) is 5.41 Å². The van der Waals surface area contributed by atoms with Crippen LogP contribution in [0.1, 0.15) is 73.3 Å². The molecular formula is C48H45IN2. The molecule has 4 aliphatic carbocycles. The quantitative estimate of drug-likeness (QED) is 0.147. The number of nitrogens with zero attached hydrogens (tertiary/aromatic N) is 2. The zero-order chi connectivity index (χ0) is 34.3. The average molecular weight is 777 g/mol. The summed E-state index contributed by atoms with van der Waals surface area (Å²) in [6, 6.07) is 34.4. The zero-order valence-corrected chi connectivity index (χ0v) is 31.8. The van der Waals surface area contributed by atoms with Gasteiger partial charge < -0.3 is 9.80 Å². The Balaban J connectivity index is 0.902. The Morgan fingerprint density at radius 2 is 1.49 bits per heavy atom. The fourth-order valence-corrected chi connectivity index (χ4v) is 11.7. The van der Waals surface area contributed by atoms with Crippen LogP contribution in [0.5, 0.6) is 0 Å². The highest BCUT2D eigenvalue weighted by atomic mass is 127. The van der Waals surface area contributed by atoms with Crippen LogP contribution < -0.4 is 9.80 Å². The molecule has 254 valence electrons. The normalized spacial score (nSPS) is 25.5. The summed E-state index contributed by atoms with van der Waals surface area (Å²) in [5.74, 6) is 2.36. The molecule has 4 aromatic rings. The summed E-state index contributed by atoms with van der Waals surface area (Å²) in [5.41, 5.74) is 17.0. The van der Waals surface area contributed by atoms with Crippen molar-refractivity contribution in [2.24, 2.45) is 17.8 Å². The van der Waals surface area contributed by atoms with E-state index >= 15 is 0 Å². The molecule has 0 N–H and O–H groups in total. The molecule has 4 aromatic carbocycles. The first-order valence-electron chi connectivity index (χ1n) is 19.1. The lowest BCUT2D eigenvalue weighted by molar-refractivity contribution is 0.389. The van der Waals surface area contributed by atoms with Crippen molar-refractivity contribution in [3.05, 3.63) is 164 Å². The predicted molar refractivity (Wildman–Crippen MR) is 223 cm³/mol. The first kappa shape index (κ1) is 31.6. The molecule has 0 saturated heterocycles. The van der Waals surface area contributed by atoms with Crippen LogP contribution >= 0.6 is 22.6 Å². The smallest absolute Gasteiger partial charge is 0.0505 e. The van der Waals surface area contributed by atoms with Crippen LogP contribution in [0.25, 0.3) is 23.3 Å². The highest BCUT2D eigenvalue weighted by Gasteiger charge is 2.49.